The minimum atomic E-state index is -1.30. The van der Waals surface area contributed by atoms with Gasteiger partial charge >= 0.3 is 12.1 Å². The van der Waals surface area contributed by atoms with E-state index in [1.165, 1.54) is 0 Å². The van der Waals surface area contributed by atoms with Crippen molar-refractivity contribution >= 4 is 34.6 Å². The predicted octanol–water partition coefficient (Wildman–Crippen LogP) is 2.23. The van der Waals surface area contributed by atoms with Crippen molar-refractivity contribution in [3.05, 3.63) is 48.0 Å². The number of hydrogen-bond donors (Lipinski definition) is 3. The van der Waals surface area contributed by atoms with E-state index in [-0.39, 0.29) is 0 Å². The van der Waals surface area contributed by atoms with E-state index in [2.05, 4.69) is 16.0 Å². The third kappa shape index (κ3) is 4.06. The molecule has 3 rings (SSSR count). The van der Waals surface area contributed by atoms with Crippen LogP contribution in [0.4, 0.5) is 9.59 Å². The number of fused-ring (bicyclic) bond motifs is 1. The molecule has 29 heavy (non-hydrogen) atoms. The molecule has 0 saturated carbocycles. The summed E-state index contributed by atoms with van der Waals surface area (Å²) in [7, 11) is 0. The average molecular weight is 396 g/mol. The largest absolute Gasteiger partial charge is 0.338 e. The van der Waals surface area contributed by atoms with Crippen LogP contribution in [0, 0.1) is 0 Å². The van der Waals surface area contributed by atoms with Crippen molar-refractivity contribution in [1.29, 1.82) is 0 Å². The minimum absolute atomic E-state index is 0.442. The van der Waals surface area contributed by atoms with E-state index < -0.39 is 36.0 Å². The average Bonchev–Trinajstić information content (AvgIpc) is 2.91. The van der Waals surface area contributed by atoms with Gasteiger partial charge in [0.25, 0.3) is 5.91 Å². The summed E-state index contributed by atoms with van der Waals surface area (Å²) in [5.41, 5.74) is -0.657. The molecule has 3 N–H and O–H groups in total. The Hall–Kier alpha value is -3.42. The quantitative estimate of drug-likeness (QED) is 0.514. The van der Waals surface area contributed by atoms with Crippen LogP contribution < -0.4 is 16.0 Å². The molecule has 1 saturated heterocycles. The van der Waals surface area contributed by atoms with E-state index >= 15 is 0 Å². The molecule has 0 unspecified atom stereocenters. The standard InChI is InChI=1S/C21H24N4O4/c1-3-4-12-22-19(28)23-17(26)13-25-18(27)21(2,24-20(25)29)16-11-7-9-14-8-5-6-10-15(14)16/h5-11H,3-4,12-13H2,1-2H3,(H,24,29)(H2,22,23,26,28)/t21-/m1/s1. The van der Waals surface area contributed by atoms with Gasteiger partial charge in [0.1, 0.15) is 12.1 Å². The van der Waals surface area contributed by atoms with Gasteiger partial charge in [-0.15, -0.1) is 0 Å². The van der Waals surface area contributed by atoms with E-state index in [0.717, 1.165) is 28.5 Å². The molecule has 0 aromatic heterocycles. The number of nitrogens with zero attached hydrogens (tertiary/aromatic N) is 1. The molecule has 2 aromatic carbocycles. The van der Waals surface area contributed by atoms with Crippen molar-refractivity contribution < 1.29 is 19.2 Å². The molecular weight excluding hydrogens is 372 g/mol. The highest BCUT2D eigenvalue weighted by Crippen LogP contribution is 2.33. The van der Waals surface area contributed by atoms with Crippen LogP contribution in [0.15, 0.2) is 42.5 Å². The van der Waals surface area contributed by atoms with Crippen LogP contribution in [0.25, 0.3) is 10.8 Å². The Morgan fingerprint density at radius 3 is 2.59 bits per heavy atom. The van der Waals surface area contributed by atoms with Gasteiger partial charge < -0.3 is 10.6 Å². The lowest BCUT2D eigenvalue weighted by molar-refractivity contribution is -0.134. The molecule has 8 nitrogen and oxygen atoms in total. The molecule has 152 valence electrons. The van der Waals surface area contributed by atoms with Gasteiger partial charge in [-0.1, -0.05) is 55.8 Å². The van der Waals surface area contributed by atoms with Crippen LogP contribution in [0.5, 0.6) is 0 Å². The lowest BCUT2D eigenvalue weighted by Crippen LogP contribution is -2.47. The van der Waals surface area contributed by atoms with Gasteiger partial charge in [-0.25, -0.2) is 9.59 Å². The first kappa shape index (κ1) is 20.3. The summed E-state index contributed by atoms with van der Waals surface area (Å²) in [5.74, 6) is -1.27. The minimum Gasteiger partial charge on any atom is -0.338 e. The maximum absolute atomic E-state index is 13.1. The topological polar surface area (TPSA) is 108 Å². The fourth-order valence-electron chi connectivity index (χ4n) is 3.42. The van der Waals surface area contributed by atoms with E-state index in [1.54, 1.807) is 13.0 Å². The first-order valence-electron chi connectivity index (χ1n) is 9.57. The number of amides is 6. The Labute approximate surface area is 168 Å². The number of carbonyl (C=O) groups excluding carboxylic acids is 4. The maximum Gasteiger partial charge on any atom is 0.325 e. The maximum atomic E-state index is 13.1. The number of urea groups is 2. The summed E-state index contributed by atoms with van der Waals surface area (Å²) in [5, 5.41) is 9.16. The molecule has 0 aliphatic carbocycles. The highest BCUT2D eigenvalue weighted by molar-refractivity contribution is 6.11. The number of hydrogen-bond acceptors (Lipinski definition) is 4. The predicted molar refractivity (Wildman–Crippen MR) is 108 cm³/mol. The molecule has 0 bridgehead atoms. The molecular formula is C21H24N4O4. The van der Waals surface area contributed by atoms with Crippen molar-refractivity contribution in [3.63, 3.8) is 0 Å². The van der Waals surface area contributed by atoms with E-state index in [0.29, 0.717) is 12.1 Å². The normalized spacial score (nSPS) is 18.6. The van der Waals surface area contributed by atoms with Crippen LogP contribution in [0.2, 0.25) is 0 Å². The Morgan fingerprint density at radius 2 is 1.83 bits per heavy atom. The fourth-order valence-corrected chi connectivity index (χ4v) is 3.42. The molecule has 2 aromatic rings. The molecule has 6 amide bonds. The molecule has 1 fully saturated rings. The van der Waals surface area contributed by atoms with Gasteiger partial charge in [-0.2, -0.15) is 0 Å². The van der Waals surface area contributed by atoms with Gasteiger partial charge in [-0.05, 0) is 29.7 Å². The molecule has 1 aliphatic rings. The van der Waals surface area contributed by atoms with E-state index in [9.17, 15) is 19.2 Å². The Kier molecular flexibility index (Phi) is 5.81. The Bertz CT molecular complexity index is 969. The second kappa shape index (κ2) is 8.30. The third-order valence-electron chi connectivity index (χ3n) is 4.97. The highest BCUT2D eigenvalue weighted by atomic mass is 16.2. The molecule has 1 aliphatic heterocycles. The van der Waals surface area contributed by atoms with Gasteiger partial charge in [0, 0.05) is 6.54 Å². The van der Waals surface area contributed by atoms with Gasteiger partial charge in [-0.3, -0.25) is 19.8 Å². The zero-order chi connectivity index (χ0) is 21.0. The van der Waals surface area contributed by atoms with Crippen LogP contribution in [0.1, 0.15) is 32.3 Å². The van der Waals surface area contributed by atoms with Gasteiger partial charge in [0.2, 0.25) is 5.91 Å². The second-order valence-corrected chi connectivity index (χ2v) is 7.13. The monoisotopic (exact) mass is 396 g/mol. The Morgan fingerprint density at radius 1 is 1.10 bits per heavy atom. The summed E-state index contributed by atoms with van der Waals surface area (Å²) in [6.07, 6.45) is 1.70. The summed E-state index contributed by atoms with van der Waals surface area (Å²) in [6.45, 7) is 3.50. The highest BCUT2D eigenvalue weighted by Gasteiger charge is 2.50. The van der Waals surface area contributed by atoms with Crippen molar-refractivity contribution in [2.45, 2.75) is 32.2 Å². The molecule has 0 radical (unpaired) electrons. The summed E-state index contributed by atoms with van der Waals surface area (Å²) < 4.78 is 0. The lowest BCUT2D eigenvalue weighted by atomic mass is 9.88. The van der Waals surface area contributed by atoms with Crippen LogP contribution in [-0.4, -0.2) is 41.9 Å². The molecule has 8 heteroatoms. The number of imide groups is 2. The van der Waals surface area contributed by atoms with Crippen LogP contribution in [0.3, 0.4) is 0 Å². The lowest BCUT2D eigenvalue weighted by Gasteiger charge is -2.24. The number of nitrogens with one attached hydrogen (secondary N) is 3. The summed E-state index contributed by atoms with van der Waals surface area (Å²) in [6, 6.07) is 11.8. The smallest absolute Gasteiger partial charge is 0.325 e. The molecule has 0 spiro atoms. The zero-order valence-corrected chi connectivity index (χ0v) is 16.5. The van der Waals surface area contributed by atoms with E-state index in [4.69, 9.17) is 0 Å². The number of rotatable bonds is 6. The van der Waals surface area contributed by atoms with Crippen molar-refractivity contribution in [3.8, 4) is 0 Å². The zero-order valence-electron chi connectivity index (χ0n) is 16.5. The molecule has 1 heterocycles. The second-order valence-electron chi connectivity index (χ2n) is 7.13. The summed E-state index contributed by atoms with van der Waals surface area (Å²) in [4.78, 5) is 50.2. The number of benzene rings is 2. The van der Waals surface area contributed by atoms with E-state index in [1.807, 2.05) is 43.3 Å². The number of unbranched alkanes of at least 4 members (excludes halogenated alkanes) is 1. The van der Waals surface area contributed by atoms with Crippen molar-refractivity contribution in [2.75, 3.05) is 13.1 Å². The van der Waals surface area contributed by atoms with Gasteiger partial charge in [0.05, 0.1) is 0 Å². The fraction of sp³-hybridized carbons (Fsp3) is 0.333. The first-order chi connectivity index (χ1) is 13.9. The SMILES string of the molecule is CCCCNC(=O)NC(=O)CN1C(=O)N[C@](C)(c2cccc3ccccc23)C1=O. The van der Waals surface area contributed by atoms with Crippen LogP contribution >= 0.6 is 0 Å². The first-order valence-corrected chi connectivity index (χ1v) is 9.57. The van der Waals surface area contributed by atoms with Crippen LogP contribution in [-0.2, 0) is 15.1 Å². The van der Waals surface area contributed by atoms with Crippen molar-refractivity contribution in [1.82, 2.24) is 20.9 Å². The number of carbonyl (C=O) groups is 4. The van der Waals surface area contributed by atoms with Crippen molar-refractivity contribution in [2.24, 2.45) is 0 Å². The molecule has 1 atom stereocenters. The summed E-state index contributed by atoms with van der Waals surface area (Å²) >= 11 is 0. The van der Waals surface area contributed by atoms with Gasteiger partial charge in [0.15, 0.2) is 0 Å². The third-order valence-corrected chi connectivity index (χ3v) is 4.97. The Balaban J connectivity index is 1.75.